The van der Waals surface area contributed by atoms with E-state index >= 15 is 0 Å². The lowest BCUT2D eigenvalue weighted by molar-refractivity contribution is -0.143. The number of carbonyl (C=O) groups excluding carboxylic acids is 4. The Morgan fingerprint density at radius 3 is 2.54 bits per heavy atom. The first-order chi connectivity index (χ1) is 25.4. The smallest absolute Gasteiger partial charge is 0.408 e. The fourth-order valence-electron chi connectivity index (χ4n) is 7.41. The lowest BCUT2D eigenvalue weighted by Gasteiger charge is -2.36. The molecule has 3 fully saturated rings. The van der Waals surface area contributed by atoms with Crippen LogP contribution in [0.1, 0.15) is 97.6 Å². The van der Waals surface area contributed by atoms with Crippen LogP contribution in [0.25, 0.3) is 11.4 Å². The van der Waals surface area contributed by atoms with E-state index in [4.69, 9.17) is 9.47 Å². The summed E-state index contributed by atoms with van der Waals surface area (Å²) < 4.78 is 39.1. The van der Waals surface area contributed by atoms with Crippen LogP contribution in [0, 0.1) is 11.3 Å². The molecule has 4 amide bonds. The van der Waals surface area contributed by atoms with Crippen LogP contribution in [0.2, 0.25) is 0 Å². The van der Waals surface area contributed by atoms with Crippen LogP contribution in [-0.2, 0) is 35.6 Å². The molecule has 0 radical (unpaired) electrons. The maximum atomic E-state index is 14.6. The van der Waals surface area contributed by atoms with E-state index in [-0.39, 0.29) is 19.4 Å². The van der Waals surface area contributed by atoms with E-state index < -0.39 is 79.7 Å². The van der Waals surface area contributed by atoms with Crippen LogP contribution in [0.3, 0.4) is 0 Å². The predicted octanol–water partition coefficient (Wildman–Crippen LogP) is 3.20. The van der Waals surface area contributed by atoms with Crippen LogP contribution >= 0.6 is 0 Å². The topological polar surface area (TPSA) is 204 Å². The number of amides is 4. The van der Waals surface area contributed by atoms with Gasteiger partial charge in [-0.3, -0.25) is 19.1 Å². The quantitative estimate of drug-likeness (QED) is 0.349. The maximum Gasteiger partial charge on any atom is 0.408 e. The molecule has 3 heterocycles. The van der Waals surface area contributed by atoms with Gasteiger partial charge in [-0.15, -0.1) is 16.8 Å². The molecule has 2 aliphatic heterocycles. The third-order valence-corrected chi connectivity index (χ3v) is 12.7. The summed E-state index contributed by atoms with van der Waals surface area (Å²) in [6.45, 7) is 12.8. The second kappa shape index (κ2) is 14.6. The number of nitrogens with zero attached hydrogens (tertiary/aromatic N) is 5. The Labute approximate surface area is 316 Å². The Kier molecular flexibility index (Phi) is 10.6. The van der Waals surface area contributed by atoms with Crippen LogP contribution in [-0.4, -0.2) is 99.5 Å². The summed E-state index contributed by atoms with van der Waals surface area (Å²) >= 11 is 0. The van der Waals surface area contributed by atoms with Gasteiger partial charge < -0.3 is 25.0 Å². The van der Waals surface area contributed by atoms with Crippen molar-refractivity contribution in [3.63, 3.8) is 0 Å². The van der Waals surface area contributed by atoms with Gasteiger partial charge in [-0.1, -0.05) is 33.3 Å². The Morgan fingerprint density at radius 2 is 1.89 bits per heavy atom. The summed E-state index contributed by atoms with van der Waals surface area (Å²) in [4.78, 5) is 58.6. The minimum atomic E-state index is -3.90. The fourth-order valence-corrected chi connectivity index (χ4v) is 8.77. The zero-order valence-corrected chi connectivity index (χ0v) is 32.7. The van der Waals surface area contributed by atoms with Crippen molar-refractivity contribution in [3.8, 4) is 17.1 Å². The van der Waals surface area contributed by atoms with Gasteiger partial charge in [0.25, 0.3) is 5.91 Å². The number of rotatable bonds is 7. The van der Waals surface area contributed by atoms with Crippen LogP contribution in [0.4, 0.5) is 4.79 Å². The molecule has 6 bridgehead atoms. The Balaban J connectivity index is 1.35. The van der Waals surface area contributed by atoms with Gasteiger partial charge in [0.2, 0.25) is 27.7 Å². The van der Waals surface area contributed by atoms with Gasteiger partial charge in [0.15, 0.2) is 0 Å². The van der Waals surface area contributed by atoms with Crippen LogP contribution in [0.5, 0.6) is 5.75 Å². The van der Waals surface area contributed by atoms with Crippen molar-refractivity contribution in [2.45, 2.75) is 127 Å². The van der Waals surface area contributed by atoms with Crippen LogP contribution in [0.15, 0.2) is 30.9 Å². The highest BCUT2D eigenvalue weighted by atomic mass is 32.2. The molecule has 2 aromatic rings. The highest BCUT2D eigenvalue weighted by Crippen LogP contribution is 2.46. The number of sulfonamides is 1. The molecule has 2 aliphatic carbocycles. The van der Waals surface area contributed by atoms with Gasteiger partial charge >= 0.3 is 6.09 Å². The summed E-state index contributed by atoms with van der Waals surface area (Å²) in [5.74, 6) is -1.47. The Hall–Kier alpha value is -4.54. The number of alkyl carbamates (subject to hydrolysis) is 1. The summed E-state index contributed by atoms with van der Waals surface area (Å²) in [6, 6.07) is 2.83. The van der Waals surface area contributed by atoms with Crippen molar-refractivity contribution in [2.75, 3.05) is 13.7 Å². The van der Waals surface area contributed by atoms with Gasteiger partial charge in [-0.05, 0) is 93.2 Å². The largest absolute Gasteiger partial charge is 0.496 e. The van der Waals surface area contributed by atoms with Gasteiger partial charge in [0, 0.05) is 24.4 Å². The van der Waals surface area contributed by atoms with E-state index in [1.165, 1.54) is 15.8 Å². The lowest BCUT2D eigenvalue weighted by Crippen LogP contribution is -2.60. The summed E-state index contributed by atoms with van der Waals surface area (Å²) in [5.41, 5.74) is -1.48. The van der Waals surface area contributed by atoms with Gasteiger partial charge in [-0.25, -0.2) is 13.2 Å². The predicted molar refractivity (Wildman–Crippen MR) is 197 cm³/mol. The molecule has 5 atom stereocenters. The fraction of sp³-hybridized carbons (Fsp3) is 0.649. The molecule has 4 aliphatic rings. The van der Waals surface area contributed by atoms with Gasteiger partial charge in [0.05, 0.1) is 18.4 Å². The molecule has 1 saturated heterocycles. The number of tetrazole rings is 1. The number of aryl methyl sites for hydroxylation is 1. The summed E-state index contributed by atoms with van der Waals surface area (Å²) in [6.07, 6.45) is 5.74. The number of aromatic nitrogens is 4. The SMILES string of the molecule is C=C[C@@H]1C[C@]1(NC(=O)[C@@H]1C[C@@H]2CN1C(=O)[C@H](C(C)(C)C)NC(=O)OC(C)(C)CCCCCc1cc(ccc1OC)-c1nnn2n1)C(=O)NS(=O)(=O)C1CC1. The number of carbonyl (C=O) groups is 4. The number of ether oxygens (including phenoxy) is 2. The molecule has 54 heavy (non-hydrogen) atoms. The molecular formula is C37H52N8O8S. The highest BCUT2D eigenvalue weighted by molar-refractivity contribution is 7.91. The molecular weight excluding hydrogens is 717 g/mol. The van der Waals surface area contributed by atoms with Crippen molar-refractivity contribution in [2.24, 2.45) is 11.3 Å². The third kappa shape index (κ3) is 8.25. The Bertz CT molecular complexity index is 1920. The first-order valence-electron chi connectivity index (χ1n) is 18.6. The second-order valence-electron chi connectivity index (χ2n) is 16.7. The zero-order chi connectivity index (χ0) is 39.2. The number of cyclic esters (lactones) is 1. The number of hydrogen-bond acceptors (Lipinski definition) is 11. The van der Waals surface area contributed by atoms with E-state index in [9.17, 15) is 27.6 Å². The molecule has 1 aromatic heterocycles. The van der Waals surface area contributed by atoms with Gasteiger partial charge in [-0.2, -0.15) is 4.80 Å². The first-order valence-corrected chi connectivity index (χ1v) is 20.2. The molecule has 294 valence electrons. The maximum absolute atomic E-state index is 14.6. The average Bonchev–Trinajstić information content (AvgIpc) is 3.97. The standard InChI is InChI=1S/C37H52N8O8S/c1-8-24-20-37(24,33(48)42-54(50,51)26-14-15-26)39-31(46)27-19-25-21-44(27)32(47)29(35(2,3)4)38-34(49)53-36(5,6)17-11-9-10-12-22-18-23(13-16-28(22)52-7)30-40-43-45(25)41-30/h8,13,16,18,24-27,29H,1,9-12,14-15,17,19-21H2,2-7H3,(H,38,49)(H,39,46)(H,42,48)/t24-,25-,27+,29-,37-/m1/s1. The van der Waals surface area contributed by atoms with E-state index in [1.807, 2.05) is 32.0 Å². The molecule has 0 spiro atoms. The number of hydrogen-bond donors (Lipinski definition) is 3. The van der Waals surface area contributed by atoms with E-state index in [1.54, 1.807) is 27.9 Å². The van der Waals surface area contributed by atoms with Crippen molar-refractivity contribution in [3.05, 3.63) is 36.4 Å². The molecule has 2 saturated carbocycles. The summed E-state index contributed by atoms with van der Waals surface area (Å²) in [5, 5.41) is 18.3. The average molecular weight is 769 g/mol. The Morgan fingerprint density at radius 1 is 1.15 bits per heavy atom. The number of methoxy groups -OCH3 is 1. The normalized spacial score (nSPS) is 27.6. The zero-order valence-electron chi connectivity index (χ0n) is 31.9. The molecule has 16 nitrogen and oxygen atoms in total. The minimum absolute atomic E-state index is 0.0183. The number of fused-ring (bicyclic) bond motifs is 8. The minimum Gasteiger partial charge on any atom is -0.496 e. The monoisotopic (exact) mass is 768 g/mol. The summed E-state index contributed by atoms with van der Waals surface area (Å²) in [7, 11) is -2.28. The van der Waals surface area contributed by atoms with E-state index in [2.05, 4.69) is 37.3 Å². The number of benzene rings is 1. The lowest BCUT2D eigenvalue weighted by atomic mass is 9.85. The molecule has 1 aromatic carbocycles. The van der Waals surface area contributed by atoms with Crippen LogP contribution < -0.4 is 20.1 Å². The molecule has 6 rings (SSSR count). The van der Waals surface area contributed by atoms with Crippen molar-refractivity contribution < 1.29 is 37.1 Å². The molecule has 17 heteroatoms. The van der Waals surface area contributed by atoms with Crippen molar-refractivity contribution >= 4 is 33.8 Å². The van der Waals surface area contributed by atoms with Crippen molar-refractivity contribution in [1.29, 1.82) is 0 Å². The second-order valence-corrected chi connectivity index (χ2v) is 18.7. The highest BCUT2D eigenvalue weighted by Gasteiger charge is 2.62. The molecule has 0 unspecified atom stereocenters. The first kappa shape index (κ1) is 39.2. The van der Waals surface area contributed by atoms with E-state index in [0.29, 0.717) is 25.1 Å². The third-order valence-electron chi connectivity index (χ3n) is 10.9. The van der Waals surface area contributed by atoms with Gasteiger partial charge in [0.1, 0.15) is 29.0 Å². The number of nitrogens with one attached hydrogen (secondary N) is 3. The van der Waals surface area contributed by atoms with E-state index in [0.717, 1.165) is 42.6 Å². The molecule has 3 N–H and O–H groups in total. The van der Waals surface area contributed by atoms with Crippen molar-refractivity contribution in [1.82, 2.24) is 40.5 Å².